The molecule has 1 atom stereocenters. The minimum Gasteiger partial charge on any atom is -0.322 e. The molecule has 3 saturated carbocycles. The van der Waals surface area contributed by atoms with Gasteiger partial charge in [-0.3, -0.25) is 4.79 Å². The molecule has 142 valence electrons. The van der Waals surface area contributed by atoms with E-state index in [1.54, 1.807) is 12.5 Å². The average Bonchev–Trinajstić information content (AvgIpc) is 3.24. The van der Waals surface area contributed by atoms with Crippen LogP contribution in [0.4, 0.5) is 8.78 Å². The minimum absolute atomic E-state index is 0.0197. The van der Waals surface area contributed by atoms with Gasteiger partial charge in [-0.25, -0.2) is 18.8 Å². The number of carbonyl (C=O) groups excluding carboxylic acids is 1. The molecule has 2 heterocycles. The molecular weight excluding hydrogens is 364 g/mol. The Labute approximate surface area is 160 Å². The molecule has 0 N–H and O–H groups in total. The number of imidazole rings is 1. The molecule has 1 aliphatic heterocycles. The zero-order valence-corrected chi connectivity index (χ0v) is 15.0. The minimum atomic E-state index is -0.660. The number of amides is 1. The van der Waals surface area contributed by atoms with Crippen molar-refractivity contribution in [1.82, 2.24) is 14.6 Å². The number of hydrogen-bond donors (Lipinski definition) is 0. The van der Waals surface area contributed by atoms with E-state index >= 15 is 0 Å². The predicted octanol–water partition coefficient (Wildman–Crippen LogP) is 3.16. The largest absolute Gasteiger partial charge is 0.322 e. The van der Waals surface area contributed by atoms with Crippen LogP contribution in [0.2, 0.25) is 0 Å². The van der Waals surface area contributed by atoms with Crippen LogP contribution < -0.4 is 0 Å². The van der Waals surface area contributed by atoms with E-state index in [9.17, 15) is 13.6 Å². The molecule has 8 heteroatoms. The molecular formula is C20H17F2N5O. The highest BCUT2D eigenvalue weighted by atomic mass is 19.1. The molecule has 2 aromatic rings. The Kier molecular flexibility index (Phi) is 3.48. The van der Waals surface area contributed by atoms with Crippen LogP contribution in [0.25, 0.3) is 0 Å². The first-order valence-electron chi connectivity index (χ1n) is 9.16. The van der Waals surface area contributed by atoms with Gasteiger partial charge in [-0.2, -0.15) is 10.4 Å². The van der Waals surface area contributed by atoms with Crippen LogP contribution in [0.5, 0.6) is 0 Å². The van der Waals surface area contributed by atoms with Gasteiger partial charge in [-0.1, -0.05) is 0 Å². The van der Waals surface area contributed by atoms with Crippen LogP contribution in [0.1, 0.15) is 43.0 Å². The van der Waals surface area contributed by atoms with Crippen molar-refractivity contribution in [3.63, 3.8) is 0 Å². The normalized spacial score (nSPS) is 29.9. The van der Waals surface area contributed by atoms with Crippen molar-refractivity contribution in [3.8, 4) is 6.07 Å². The van der Waals surface area contributed by atoms with E-state index in [1.165, 1.54) is 23.3 Å². The lowest BCUT2D eigenvalue weighted by molar-refractivity contribution is -0.222. The smallest absolute Gasteiger partial charge is 0.249 e. The third-order valence-corrected chi connectivity index (χ3v) is 6.23. The van der Waals surface area contributed by atoms with Gasteiger partial charge in [0.1, 0.15) is 23.4 Å². The van der Waals surface area contributed by atoms with Crippen molar-refractivity contribution >= 4 is 12.1 Å². The summed E-state index contributed by atoms with van der Waals surface area (Å²) >= 11 is 0. The van der Waals surface area contributed by atoms with Crippen molar-refractivity contribution < 1.29 is 13.6 Å². The predicted molar refractivity (Wildman–Crippen MR) is 94.7 cm³/mol. The van der Waals surface area contributed by atoms with Crippen LogP contribution >= 0.6 is 0 Å². The monoisotopic (exact) mass is 381 g/mol. The van der Waals surface area contributed by atoms with Crippen molar-refractivity contribution in [1.29, 1.82) is 5.26 Å². The number of halogens is 2. The summed E-state index contributed by atoms with van der Waals surface area (Å²) in [7, 11) is 0. The van der Waals surface area contributed by atoms with Crippen molar-refractivity contribution in [2.24, 2.45) is 15.9 Å². The van der Waals surface area contributed by atoms with Gasteiger partial charge in [-0.15, -0.1) is 0 Å². The van der Waals surface area contributed by atoms with E-state index in [4.69, 9.17) is 5.26 Å². The van der Waals surface area contributed by atoms with Gasteiger partial charge >= 0.3 is 0 Å². The van der Waals surface area contributed by atoms with Crippen molar-refractivity contribution in [3.05, 3.63) is 53.6 Å². The van der Waals surface area contributed by atoms with Crippen molar-refractivity contribution in [2.75, 3.05) is 0 Å². The van der Waals surface area contributed by atoms with Gasteiger partial charge in [0.15, 0.2) is 0 Å². The van der Waals surface area contributed by atoms with E-state index in [0.717, 1.165) is 25.3 Å². The topological polar surface area (TPSA) is 74.3 Å². The second kappa shape index (κ2) is 5.71. The van der Waals surface area contributed by atoms with Gasteiger partial charge < -0.3 is 4.57 Å². The fraction of sp³-hybridized carbons (Fsp3) is 0.400. The molecule has 2 bridgehead atoms. The van der Waals surface area contributed by atoms with Crippen LogP contribution in [-0.4, -0.2) is 26.7 Å². The van der Waals surface area contributed by atoms with Crippen molar-refractivity contribution in [2.45, 2.75) is 38.3 Å². The zero-order valence-electron chi connectivity index (χ0n) is 15.0. The van der Waals surface area contributed by atoms with Gasteiger partial charge in [0.2, 0.25) is 5.91 Å². The highest BCUT2D eigenvalue weighted by Gasteiger charge is 2.72. The van der Waals surface area contributed by atoms with Gasteiger partial charge in [0.25, 0.3) is 0 Å². The summed E-state index contributed by atoms with van der Waals surface area (Å²) in [6, 6.07) is 4.99. The van der Waals surface area contributed by atoms with E-state index in [2.05, 4.69) is 16.2 Å². The molecule has 0 radical (unpaired) electrons. The molecule has 4 aliphatic rings. The second-order valence-electron chi connectivity index (χ2n) is 8.23. The number of hydrazone groups is 1. The fourth-order valence-electron chi connectivity index (χ4n) is 5.19. The van der Waals surface area contributed by atoms with Crippen LogP contribution in [0, 0.1) is 33.8 Å². The Hall–Kier alpha value is -3.08. The third-order valence-electron chi connectivity index (χ3n) is 6.23. The summed E-state index contributed by atoms with van der Waals surface area (Å²) in [5.41, 5.74) is 0.509. The summed E-state index contributed by atoms with van der Waals surface area (Å²) in [5, 5.41) is 14.7. The average molecular weight is 381 g/mol. The molecule has 3 aliphatic carbocycles. The quantitative estimate of drug-likeness (QED) is 0.817. The fourth-order valence-corrected chi connectivity index (χ4v) is 5.19. The Morgan fingerprint density at radius 3 is 2.64 bits per heavy atom. The second-order valence-corrected chi connectivity index (χ2v) is 8.23. The molecule has 0 saturated heterocycles. The summed E-state index contributed by atoms with van der Waals surface area (Å²) in [4.78, 5) is 17.2. The van der Waals surface area contributed by atoms with Crippen LogP contribution in [0.15, 0.2) is 35.8 Å². The molecule has 1 unspecified atom stereocenters. The summed E-state index contributed by atoms with van der Waals surface area (Å²) in [6.45, 7) is 0.673. The van der Waals surface area contributed by atoms with E-state index in [-0.39, 0.29) is 11.3 Å². The number of nitriles is 1. The highest BCUT2D eigenvalue weighted by Crippen LogP contribution is 2.74. The van der Waals surface area contributed by atoms with Crippen LogP contribution in [0.3, 0.4) is 0 Å². The standard InChI is InChI=1S/C20H17F2N5O/c21-14-3-13(4-15(22)5-14)17-1-2-25-27(17)18(28)20-8-19(9-20,10-20)11-26-12-24-7-16(26)6-23/h2-5,7,12,17H,1,8-11H2. The summed E-state index contributed by atoms with van der Waals surface area (Å²) in [5.74, 6) is -1.40. The molecule has 6 nitrogen and oxygen atoms in total. The Morgan fingerprint density at radius 1 is 1.25 bits per heavy atom. The number of carbonyl (C=O) groups is 1. The highest BCUT2D eigenvalue weighted by molar-refractivity contribution is 5.88. The Balaban J connectivity index is 1.30. The maximum absolute atomic E-state index is 13.6. The number of rotatable bonds is 4. The molecule has 3 fully saturated rings. The number of hydrogen-bond acceptors (Lipinski definition) is 4. The lowest BCUT2D eigenvalue weighted by atomic mass is 9.34. The third kappa shape index (κ3) is 2.39. The van der Waals surface area contributed by atoms with Gasteiger partial charge in [0.05, 0.1) is 24.0 Å². The Bertz CT molecular complexity index is 1010. The van der Waals surface area contributed by atoms with Crippen LogP contribution in [-0.2, 0) is 11.3 Å². The number of nitrogens with zero attached hydrogens (tertiary/aromatic N) is 5. The Morgan fingerprint density at radius 2 is 1.96 bits per heavy atom. The lowest BCUT2D eigenvalue weighted by Crippen LogP contribution is -2.68. The van der Waals surface area contributed by atoms with E-state index < -0.39 is 23.1 Å². The SMILES string of the molecule is N#Cc1cncn1CC12CC(C(=O)N3N=CCC3c3cc(F)cc(F)c3)(C1)C2. The first kappa shape index (κ1) is 17.0. The number of benzene rings is 1. The molecule has 28 heavy (non-hydrogen) atoms. The summed E-state index contributed by atoms with van der Waals surface area (Å²) in [6.07, 6.45) is 7.45. The van der Waals surface area contributed by atoms with Gasteiger partial charge in [0, 0.05) is 25.2 Å². The molecule has 1 aromatic heterocycles. The zero-order chi connectivity index (χ0) is 19.5. The van der Waals surface area contributed by atoms with Gasteiger partial charge in [-0.05, 0) is 42.4 Å². The first-order valence-corrected chi connectivity index (χ1v) is 9.16. The summed E-state index contributed by atoms with van der Waals surface area (Å²) < 4.78 is 29.0. The maximum Gasteiger partial charge on any atom is 0.249 e. The molecule has 0 spiro atoms. The molecule has 6 rings (SSSR count). The lowest BCUT2D eigenvalue weighted by Gasteiger charge is -2.69. The number of aromatic nitrogens is 2. The first-order chi connectivity index (χ1) is 13.4. The van der Waals surface area contributed by atoms with E-state index in [1.807, 2.05) is 4.57 Å². The maximum atomic E-state index is 13.6. The molecule has 1 aromatic carbocycles. The van der Waals surface area contributed by atoms with E-state index in [0.29, 0.717) is 24.2 Å². The molecule has 1 amide bonds.